The van der Waals surface area contributed by atoms with Crippen LogP contribution in [-0.4, -0.2) is 61.5 Å². The van der Waals surface area contributed by atoms with Crippen LogP contribution in [0.25, 0.3) is 0 Å². The van der Waals surface area contributed by atoms with Gasteiger partial charge in [0.05, 0.1) is 6.54 Å². The minimum Gasteiger partial charge on any atom is -0.334 e. The van der Waals surface area contributed by atoms with Gasteiger partial charge in [-0.3, -0.25) is 9.69 Å². The molecule has 0 aromatic rings. The molecule has 1 heterocycles. The lowest BCUT2D eigenvalue weighted by molar-refractivity contribution is -0.131. The molecular formula is C16H29N3O. The monoisotopic (exact) mass is 279 g/mol. The number of nitrogens with one attached hydrogen (secondary N) is 1. The first-order valence-electron chi connectivity index (χ1n) is 7.63. The van der Waals surface area contributed by atoms with Crippen LogP contribution in [0, 0.1) is 5.92 Å². The van der Waals surface area contributed by atoms with Gasteiger partial charge >= 0.3 is 0 Å². The smallest absolute Gasteiger partial charge is 0.237 e. The lowest BCUT2D eigenvalue weighted by Crippen LogP contribution is -2.44. The number of carbonyl (C=O) groups is 1. The summed E-state index contributed by atoms with van der Waals surface area (Å²) >= 11 is 0. The fourth-order valence-electron chi connectivity index (χ4n) is 2.58. The minimum absolute atomic E-state index is 0.176. The standard InChI is InChI=1S/C16H29N3O/c1-4-9-19(10-5-2)16(20)14-18-11-7-15(8-12-18)13-17-6-3/h4-5,15,17H,1-2,6-14H2,3H3. The molecular weight excluding hydrogens is 250 g/mol. The third-order valence-electron chi connectivity index (χ3n) is 3.80. The van der Waals surface area contributed by atoms with E-state index in [1.807, 2.05) is 0 Å². The molecule has 1 aliphatic rings. The average Bonchev–Trinajstić information content (AvgIpc) is 2.46. The molecule has 114 valence electrons. The number of hydrogen-bond donors (Lipinski definition) is 1. The zero-order valence-electron chi connectivity index (χ0n) is 12.8. The number of rotatable bonds is 9. The van der Waals surface area contributed by atoms with E-state index in [4.69, 9.17) is 0 Å². The van der Waals surface area contributed by atoms with Gasteiger partial charge in [-0.1, -0.05) is 19.1 Å². The Morgan fingerprint density at radius 3 is 2.40 bits per heavy atom. The Balaban J connectivity index is 2.32. The highest BCUT2D eigenvalue weighted by molar-refractivity contribution is 5.78. The maximum Gasteiger partial charge on any atom is 0.237 e. The van der Waals surface area contributed by atoms with Crippen LogP contribution < -0.4 is 5.32 Å². The van der Waals surface area contributed by atoms with E-state index in [0.29, 0.717) is 19.6 Å². The fraction of sp³-hybridized carbons (Fsp3) is 0.688. The largest absolute Gasteiger partial charge is 0.334 e. The van der Waals surface area contributed by atoms with Gasteiger partial charge in [0.25, 0.3) is 0 Å². The second-order valence-corrected chi connectivity index (χ2v) is 5.40. The summed E-state index contributed by atoms with van der Waals surface area (Å²) in [6, 6.07) is 0. The predicted octanol–water partition coefficient (Wildman–Crippen LogP) is 1.51. The molecule has 0 aromatic carbocycles. The van der Waals surface area contributed by atoms with E-state index in [2.05, 4.69) is 30.3 Å². The number of hydrogen-bond acceptors (Lipinski definition) is 3. The number of likely N-dealkylation sites (tertiary alicyclic amines) is 1. The van der Waals surface area contributed by atoms with E-state index in [0.717, 1.165) is 32.1 Å². The molecule has 0 atom stereocenters. The highest BCUT2D eigenvalue weighted by atomic mass is 16.2. The summed E-state index contributed by atoms with van der Waals surface area (Å²) in [6.07, 6.45) is 5.90. The molecule has 0 aliphatic carbocycles. The molecule has 0 bridgehead atoms. The molecule has 1 fully saturated rings. The van der Waals surface area contributed by atoms with Gasteiger partial charge in [-0.25, -0.2) is 0 Å². The Kier molecular flexibility index (Phi) is 8.23. The molecule has 0 saturated carbocycles. The van der Waals surface area contributed by atoms with Crippen molar-refractivity contribution in [2.75, 3.05) is 45.8 Å². The van der Waals surface area contributed by atoms with Crippen molar-refractivity contribution in [2.24, 2.45) is 5.92 Å². The first kappa shape index (κ1) is 16.9. The first-order valence-corrected chi connectivity index (χ1v) is 7.63. The van der Waals surface area contributed by atoms with Crippen molar-refractivity contribution in [3.63, 3.8) is 0 Å². The van der Waals surface area contributed by atoms with Gasteiger partial charge in [0.2, 0.25) is 5.91 Å². The molecule has 1 amide bonds. The van der Waals surface area contributed by atoms with Gasteiger partial charge in [-0.2, -0.15) is 0 Å². The van der Waals surface area contributed by atoms with Crippen molar-refractivity contribution in [1.29, 1.82) is 0 Å². The van der Waals surface area contributed by atoms with Crippen molar-refractivity contribution in [2.45, 2.75) is 19.8 Å². The molecule has 0 unspecified atom stereocenters. The van der Waals surface area contributed by atoms with E-state index >= 15 is 0 Å². The lowest BCUT2D eigenvalue weighted by Gasteiger charge is -2.33. The Morgan fingerprint density at radius 2 is 1.90 bits per heavy atom. The van der Waals surface area contributed by atoms with E-state index in [1.54, 1.807) is 17.1 Å². The van der Waals surface area contributed by atoms with Gasteiger partial charge in [-0.15, -0.1) is 13.2 Å². The van der Waals surface area contributed by atoms with Crippen LogP contribution >= 0.6 is 0 Å². The minimum atomic E-state index is 0.176. The summed E-state index contributed by atoms with van der Waals surface area (Å²) in [5, 5.41) is 3.41. The molecule has 4 nitrogen and oxygen atoms in total. The molecule has 0 spiro atoms. The van der Waals surface area contributed by atoms with Gasteiger partial charge < -0.3 is 10.2 Å². The summed E-state index contributed by atoms with van der Waals surface area (Å²) in [5.41, 5.74) is 0. The quantitative estimate of drug-likeness (QED) is 0.650. The molecule has 4 heteroatoms. The van der Waals surface area contributed by atoms with Crippen LogP contribution in [0.2, 0.25) is 0 Å². The molecule has 1 N–H and O–H groups in total. The highest BCUT2D eigenvalue weighted by Gasteiger charge is 2.22. The summed E-state index contributed by atoms with van der Waals surface area (Å²) in [4.78, 5) is 16.3. The lowest BCUT2D eigenvalue weighted by atomic mass is 9.97. The molecule has 0 radical (unpaired) electrons. The summed E-state index contributed by atoms with van der Waals surface area (Å²) in [7, 11) is 0. The molecule has 1 aliphatic heterocycles. The van der Waals surface area contributed by atoms with Crippen molar-refractivity contribution in [1.82, 2.24) is 15.1 Å². The fourth-order valence-corrected chi connectivity index (χ4v) is 2.58. The van der Waals surface area contributed by atoms with Crippen LogP contribution in [0.5, 0.6) is 0 Å². The van der Waals surface area contributed by atoms with Gasteiger partial charge in [0, 0.05) is 13.1 Å². The van der Waals surface area contributed by atoms with Gasteiger partial charge in [0.1, 0.15) is 0 Å². The van der Waals surface area contributed by atoms with Crippen LogP contribution in [0.4, 0.5) is 0 Å². The van der Waals surface area contributed by atoms with Gasteiger partial charge in [0.15, 0.2) is 0 Å². The first-order chi connectivity index (χ1) is 9.71. The molecule has 0 aromatic heterocycles. The maximum atomic E-state index is 12.2. The topological polar surface area (TPSA) is 35.6 Å². The van der Waals surface area contributed by atoms with E-state index < -0.39 is 0 Å². The highest BCUT2D eigenvalue weighted by Crippen LogP contribution is 2.16. The molecule has 1 rings (SSSR count). The third kappa shape index (κ3) is 5.88. The van der Waals surface area contributed by atoms with Crippen molar-refractivity contribution in [3.8, 4) is 0 Å². The number of nitrogens with zero attached hydrogens (tertiary/aromatic N) is 2. The summed E-state index contributed by atoms with van der Waals surface area (Å²) in [5.74, 6) is 0.939. The molecule has 1 saturated heterocycles. The third-order valence-corrected chi connectivity index (χ3v) is 3.80. The average molecular weight is 279 g/mol. The Labute approximate surface area is 123 Å². The van der Waals surface area contributed by atoms with Crippen molar-refractivity contribution in [3.05, 3.63) is 25.3 Å². The van der Waals surface area contributed by atoms with E-state index in [9.17, 15) is 4.79 Å². The second-order valence-electron chi connectivity index (χ2n) is 5.40. The molecule has 20 heavy (non-hydrogen) atoms. The van der Waals surface area contributed by atoms with Crippen LogP contribution in [0.1, 0.15) is 19.8 Å². The number of amides is 1. The Hall–Kier alpha value is -1.13. The summed E-state index contributed by atoms with van der Waals surface area (Å²) < 4.78 is 0. The van der Waals surface area contributed by atoms with E-state index in [1.165, 1.54) is 12.8 Å². The SMILES string of the molecule is C=CCN(CC=C)C(=O)CN1CCC(CNCC)CC1. The van der Waals surface area contributed by atoms with Crippen molar-refractivity contribution < 1.29 is 4.79 Å². The van der Waals surface area contributed by atoms with Crippen LogP contribution in [0.3, 0.4) is 0 Å². The van der Waals surface area contributed by atoms with Crippen molar-refractivity contribution >= 4 is 5.91 Å². The Morgan fingerprint density at radius 1 is 1.30 bits per heavy atom. The van der Waals surface area contributed by atoms with E-state index in [-0.39, 0.29) is 5.91 Å². The van der Waals surface area contributed by atoms with Gasteiger partial charge in [-0.05, 0) is 44.9 Å². The number of piperidine rings is 1. The zero-order valence-corrected chi connectivity index (χ0v) is 12.8. The van der Waals surface area contributed by atoms with Crippen LogP contribution in [-0.2, 0) is 4.79 Å². The zero-order chi connectivity index (χ0) is 14.8. The summed E-state index contributed by atoms with van der Waals surface area (Å²) in [6.45, 7) is 15.5. The number of carbonyl (C=O) groups excluding carboxylic acids is 1. The van der Waals surface area contributed by atoms with Crippen LogP contribution in [0.15, 0.2) is 25.3 Å². The second kappa shape index (κ2) is 9.72. The normalized spacial score (nSPS) is 16.9. The Bertz CT molecular complexity index is 299. The maximum absolute atomic E-state index is 12.2. The predicted molar refractivity (Wildman–Crippen MR) is 84.7 cm³/mol.